The molecule has 0 spiro atoms. The van der Waals surface area contributed by atoms with Gasteiger partial charge in [0, 0.05) is 31.0 Å². The van der Waals surface area contributed by atoms with E-state index in [0.717, 1.165) is 22.5 Å². The molecule has 9 heteroatoms. The second kappa shape index (κ2) is 9.43. The van der Waals surface area contributed by atoms with Gasteiger partial charge in [-0.1, -0.05) is 36.4 Å². The number of anilines is 1. The molecule has 172 valence electrons. The third kappa shape index (κ3) is 4.48. The molecular weight excluding hydrogens is 466 g/mol. The fraction of sp³-hybridized carbons (Fsp3) is 0.200. The lowest BCUT2D eigenvalue weighted by Crippen LogP contribution is -2.45. The Kier molecular flexibility index (Phi) is 6.20. The molecule has 1 atom stereocenters. The van der Waals surface area contributed by atoms with Crippen LogP contribution in [0.2, 0.25) is 0 Å². The summed E-state index contributed by atoms with van der Waals surface area (Å²) in [4.78, 5) is 9.47. The third-order valence-corrected chi connectivity index (χ3v) is 9.27. The minimum absolute atomic E-state index is 0.196. The van der Waals surface area contributed by atoms with E-state index in [0.29, 0.717) is 29.3 Å². The number of nitrogens with zero attached hydrogens (tertiary/aromatic N) is 4. The molecule has 0 saturated heterocycles. The van der Waals surface area contributed by atoms with E-state index < -0.39 is 10.0 Å². The van der Waals surface area contributed by atoms with Crippen molar-refractivity contribution in [1.82, 2.24) is 14.3 Å². The molecule has 0 amide bonds. The molecule has 1 aliphatic heterocycles. The topological polar surface area (TPSA) is 93.1 Å². The van der Waals surface area contributed by atoms with Crippen molar-refractivity contribution >= 4 is 27.0 Å². The van der Waals surface area contributed by atoms with Gasteiger partial charge in [-0.15, -0.1) is 11.3 Å². The zero-order chi connectivity index (χ0) is 23.5. The van der Waals surface area contributed by atoms with Crippen LogP contribution in [0.15, 0.2) is 82.8 Å². The van der Waals surface area contributed by atoms with E-state index >= 15 is 0 Å². The van der Waals surface area contributed by atoms with E-state index in [9.17, 15) is 13.7 Å². The molecule has 0 aliphatic carbocycles. The van der Waals surface area contributed by atoms with Gasteiger partial charge in [-0.2, -0.15) is 9.57 Å². The Labute approximate surface area is 203 Å². The number of nitriles is 1. The van der Waals surface area contributed by atoms with Crippen LogP contribution >= 0.6 is 11.3 Å². The molecule has 1 aliphatic rings. The average Bonchev–Trinajstić information content (AvgIpc) is 3.55. The van der Waals surface area contributed by atoms with E-state index in [2.05, 4.69) is 20.9 Å². The van der Waals surface area contributed by atoms with Crippen LogP contribution in [0.4, 0.5) is 5.69 Å². The first-order valence-electron chi connectivity index (χ1n) is 10.9. The molecule has 1 N–H and O–H groups in total. The number of rotatable bonds is 6. The van der Waals surface area contributed by atoms with Crippen LogP contribution in [0.25, 0.3) is 0 Å². The number of nitrogens with one attached hydrogen (secondary N) is 1. The lowest BCUT2D eigenvalue weighted by Gasteiger charge is -2.31. The molecule has 0 fully saturated rings. The van der Waals surface area contributed by atoms with Gasteiger partial charge in [-0.05, 0) is 47.2 Å². The Morgan fingerprint density at radius 1 is 1.15 bits per heavy atom. The largest absolute Gasteiger partial charge is 0.364 e. The lowest BCUT2D eigenvalue weighted by molar-refractivity contribution is 0.318. The van der Waals surface area contributed by atoms with Gasteiger partial charge in [0.2, 0.25) is 0 Å². The van der Waals surface area contributed by atoms with Gasteiger partial charge in [0.15, 0.2) is 0 Å². The first-order chi connectivity index (χ1) is 16.5. The number of hydrogen-bond acceptors (Lipinski definition) is 6. The van der Waals surface area contributed by atoms with Crippen molar-refractivity contribution in [3.63, 3.8) is 0 Å². The Hall–Kier alpha value is -3.45. The van der Waals surface area contributed by atoms with Gasteiger partial charge in [0.05, 0.1) is 30.2 Å². The summed E-state index contributed by atoms with van der Waals surface area (Å²) in [5, 5.41) is 11.3. The minimum atomic E-state index is -3.74. The molecule has 0 bridgehead atoms. The zero-order valence-electron chi connectivity index (χ0n) is 18.3. The van der Waals surface area contributed by atoms with Gasteiger partial charge in [0.1, 0.15) is 4.21 Å². The molecule has 3 heterocycles. The summed E-state index contributed by atoms with van der Waals surface area (Å²) < 4.78 is 29.6. The number of aromatic nitrogens is 2. The zero-order valence-corrected chi connectivity index (χ0v) is 20.0. The van der Waals surface area contributed by atoms with E-state index in [1.54, 1.807) is 46.5 Å². The minimum Gasteiger partial charge on any atom is -0.364 e. The molecule has 0 radical (unpaired) electrons. The second-order valence-corrected chi connectivity index (χ2v) is 11.3. The normalized spacial score (nSPS) is 16.6. The molecule has 34 heavy (non-hydrogen) atoms. The fourth-order valence-electron chi connectivity index (χ4n) is 4.42. The number of fused-ring (bicyclic) bond motifs is 1. The van der Waals surface area contributed by atoms with Gasteiger partial charge < -0.3 is 9.88 Å². The van der Waals surface area contributed by atoms with Crippen LogP contribution in [0.5, 0.6) is 0 Å². The molecule has 1 unspecified atom stereocenters. The quantitative estimate of drug-likeness (QED) is 0.439. The average molecular weight is 490 g/mol. The highest BCUT2D eigenvalue weighted by atomic mass is 32.2. The summed E-state index contributed by atoms with van der Waals surface area (Å²) in [6.45, 7) is 1.25. The number of benzene rings is 2. The summed E-state index contributed by atoms with van der Waals surface area (Å²) in [5.41, 5.74) is 4.26. The first-order valence-corrected chi connectivity index (χ1v) is 13.2. The van der Waals surface area contributed by atoms with Crippen molar-refractivity contribution in [2.75, 3.05) is 11.4 Å². The number of hydrogen-bond donors (Lipinski definition) is 1. The van der Waals surface area contributed by atoms with Crippen LogP contribution in [0, 0.1) is 11.3 Å². The number of sulfonamides is 1. The number of aromatic amines is 1. The van der Waals surface area contributed by atoms with Gasteiger partial charge >= 0.3 is 0 Å². The lowest BCUT2D eigenvalue weighted by atomic mass is 10.1. The Bertz CT molecular complexity index is 1400. The van der Waals surface area contributed by atoms with Crippen LogP contribution < -0.4 is 4.90 Å². The van der Waals surface area contributed by atoms with E-state index in [1.807, 2.05) is 36.4 Å². The van der Waals surface area contributed by atoms with Crippen molar-refractivity contribution in [3.05, 3.63) is 101 Å². The molecule has 2 aromatic heterocycles. The Morgan fingerprint density at radius 3 is 2.71 bits per heavy atom. The van der Waals surface area contributed by atoms with Crippen LogP contribution in [-0.2, 0) is 29.5 Å². The van der Waals surface area contributed by atoms with E-state index in [-0.39, 0.29) is 12.6 Å². The maximum Gasteiger partial charge on any atom is 0.253 e. The second-order valence-electron chi connectivity index (χ2n) is 8.24. The first kappa shape index (κ1) is 22.3. The molecule has 2 aromatic carbocycles. The number of H-pyrrole nitrogens is 1. The predicted octanol–water partition coefficient (Wildman–Crippen LogP) is 4.17. The van der Waals surface area contributed by atoms with Crippen LogP contribution in [-0.4, -0.2) is 35.3 Å². The third-order valence-electron chi connectivity index (χ3n) is 6.00. The Morgan fingerprint density at radius 2 is 2.00 bits per heavy atom. The van der Waals surface area contributed by atoms with Crippen molar-refractivity contribution in [2.24, 2.45) is 0 Å². The van der Waals surface area contributed by atoms with E-state index in [4.69, 9.17) is 0 Å². The van der Waals surface area contributed by atoms with Crippen LogP contribution in [0.1, 0.15) is 22.4 Å². The standard InChI is InChI=1S/C25H23N5O2S2/c26-13-20-8-9-24-21(11-20)15-30(34(31,32)25-7-4-10-33-25)23(12-19-5-2-1-3-6-19)17-29(24)16-22-14-27-18-28-22/h1-11,14,18,23H,12,15-17H2,(H,27,28). The molecule has 7 nitrogen and oxygen atoms in total. The molecular formula is C25H23N5O2S2. The highest BCUT2D eigenvalue weighted by Crippen LogP contribution is 2.34. The van der Waals surface area contributed by atoms with Crippen LogP contribution in [0.3, 0.4) is 0 Å². The number of thiophene rings is 1. The van der Waals surface area contributed by atoms with Gasteiger partial charge in [-0.25, -0.2) is 13.4 Å². The predicted molar refractivity (Wildman–Crippen MR) is 132 cm³/mol. The van der Waals surface area contributed by atoms with Crippen molar-refractivity contribution in [2.45, 2.75) is 29.8 Å². The smallest absolute Gasteiger partial charge is 0.253 e. The number of imidazole rings is 1. The summed E-state index contributed by atoms with van der Waals surface area (Å²) >= 11 is 1.22. The monoisotopic (exact) mass is 489 g/mol. The van der Waals surface area contributed by atoms with Gasteiger partial charge in [-0.3, -0.25) is 0 Å². The molecule has 4 aromatic rings. The summed E-state index contributed by atoms with van der Waals surface area (Å²) in [6, 6.07) is 20.8. The van der Waals surface area contributed by atoms with Crippen molar-refractivity contribution in [1.29, 1.82) is 5.26 Å². The molecule has 0 saturated carbocycles. The maximum atomic E-state index is 13.8. The van der Waals surface area contributed by atoms with Gasteiger partial charge in [0.25, 0.3) is 10.0 Å². The molecule has 5 rings (SSSR count). The summed E-state index contributed by atoms with van der Waals surface area (Å²) in [5.74, 6) is 0. The Balaban J connectivity index is 1.62. The summed E-state index contributed by atoms with van der Waals surface area (Å²) in [7, 11) is -3.74. The SMILES string of the molecule is N#Cc1ccc2c(c1)CN(S(=O)(=O)c1cccs1)C(Cc1ccccc1)CN2Cc1cnc[nH]1. The highest BCUT2D eigenvalue weighted by Gasteiger charge is 2.37. The van der Waals surface area contributed by atoms with E-state index in [1.165, 1.54) is 11.3 Å². The summed E-state index contributed by atoms with van der Waals surface area (Å²) in [6.07, 6.45) is 3.99. The maximum absolute atomic E-state index is 13.8. The van der Waals surface area contributed by atoms with Crippen molar-refractivity contribution in [3.8, 4) is 6.07 Å². The highest BCUT2D eigenvalue weighted by molar-refractivity contribution is 7.91. The van der Waals surface area contributed by atoms with Crippen molar-refractivity contribution < 1.29 is 8.42 Å². The fourth-order valence-corrected chi connectivity index (χ4v) is 7.13.